The lowest BCUT2D eigenvalue weighted by molar-refractivity contribution is -0.143. The first-order chi connectivity index (χ1) is 22.1. The average Bonchev–Trinajstić information content (AvgIpc) is 3.33. The minimum Gasteiger partial charge on any atom is -0.466 e. The molecule has 0 fully saturated rings. The zero-order valence-electron chi connectivity index (χ0n) is 30.2. The topological polar surface area (TPSA) is 52.6 Å². The molecule has 4 heteroatoms. The van der Waals surface area contributed by atoms with Crippen molar-refractivity contribution in [3.8, 4) is 5.75 Å². The fourth-order valence-electron chi connectivity index (χ4n) is 6.69. The van der Waals surface area contributed by atoms with Gasteiger partial charge in [0, 0.05) is 17.5 Å². The van der Waals surface area contributed by atoms with Crippen LogP contribution in [0.2, 0.25) is 0 Å². The van der Waals surface area contributed by atoms with Crippen molar-refractivity contribution in [2.75, 3.05) is 6.61 Å². The predicted molar refractivity (Wildman–Crippen MR) is 192 cm³/mol. The number of benzene rings is 2. The van der Waals surface area contributed by atoms with Gasteiger partial charge in [-0.3, -0.25) is 9.59 Å². The van der Waals surface area contributed by atoms with E-state index >= 15 is 0 Å². The van der Waals surface area contributed by atoms with Gasteiger partial charge in [-0.2, -0.15) is 0 Å². The summed E-state index contributed by atoms with van der Waals surface area (Å²) < 4.78 is 11.5. The first-order valence-electron chi connectivity index (χ1n) is 18.7. The largest absolute Gasteiger partial charge is 0.466 e. The van der Waals surface area contributed by atoms with E-state index in [0.717, 1.165) is 29.5 Å². The molecule has 0 saturated heterocycles. The summed E-state index contributed by atoms with van der Waals surface area (Å²) in [5, 5.41) is 0. The lowest BCUT2D eigenvalue weighted by Gasteiger charge is -2.23. The van der Waals surface area contributed by atoms with Crippen LogP contribution in [0.25, 0.3) is 0 Å². The quantitative estimate of drug-likeness (QED) is 0.0736. The third-order valence-corrected chi connectivity index (χ3v) is 9.87. The van der Waals surface area contributed by atoms with Gasteiger partial charge in [0.05, 0.1) is 12.5 Å². The van der Waals surface area contributed by atoms with Gasteiger partial charge in [-0.15, -0.1) is 0 Å². The molecular formula is C42H64O4. The number of aryl methyl sites for hydroxylation is 2. The maximum Gasteiger partial charge on any atom is 0.319 e. The van der Waals surface area contributed by atoms with Gasteiger partial charge in [0.25, 0.3) is 0 Å². The number of hydrogen-bond acceptors (Lipinski definition) is 4. The number of ether oxygens (including phenoxy) is 2. The first-order valence-corrected chi connectivity index (χ1v) is 18.7. The average molecular weight is 633 g/mol. The van der Waals surface area contributed by atoms with Gasteiger partial charge < -0.3 is 9.47 Å². The second kappa shape index (κ2) is 19.9. The highest BCUT2D eigenvalue weighted by molar-refractivity contribution is 5.87. The maximum absolute atomic E-state index is 13.1. The zero-order valence-corrected chi connectivity index (χ0v) is 30.2. The van der Waals surface area contributed by atoms with Crippen LogP contribution in [0.4, 0.5) is 0 Å². The molecular weight excluding hydrogens is 568 g/mol. The summed E-state index contributed by atoms with van der Waals surface area (Å²) in [5.74, 6) is 0.0517. The predicted octanol–water partition coefficient (Wildman–Crippen LogP) is 11.6. The van der Waals surface area contributed by atoms with E-state index in [0.29, 0.717) is 31.6 Å². The van der Waals surface area contributed by atoms with E-state index in [1.807, 2.05) is 0 Å². The lowest BCUT2D eigenvalue weighted by Crippen LogP contribution is -2.14. The third kappa shape index (κ3) is 12.5. The summed E-state index contributed by atoms with van der Waals surface area (Å²) in [5.41, 5.74) is 6.48. The second-order valence-corrected chi connectivity index (χ2v) is 14.9. The Kier molecular flexibility index (Phi) is 16.4. The summed E-state index contributed by atoms with van der Waals surface area (Å²) in [6, 6.07) is 10.5. The molecule has 3 rings (SSSR count). The lowest BCUT2D eigenvalue weighted by atomic mass is 9.81. The Morgan fingerprint density at radius 2 is 1.37 bits per heavy atom. The standard InChI is InChI=1S/C42H64O4/c1-7-8-9-10-11-12-13-14-15-16-17-18-19-20-21-22-28-45-39(43)27-26-34-29-36-37(31-35-25-23-24-32(2)33(35)3)41(44)46-40(36)38(30-34)42(4,5)6/h23-25,29-30,37H,7-22,26-28,31H2,1-6H3. The maximum atomic E-state index is 13.1. The second-order valence-electron chi connectivity index (χ2n) is 14.9. The van der Waals surface area contributed by atoms with E-state index in [1.165, 1.54) is 107 Å². The summed E-state index contributed by atoms with van der Waals surface area (Å²) >= 11 is 0. The van der Waals surface area contributed by atoms with Crippen LogP contribution in [0.5, 0.6) is 5.75 Å². The molecule has 2 aromatic rings. The Morgan fingerprint density at radius 1 is 0.804 bits per heavy atom. The summed E-state index contributed by atoms with van der Waals surface area (Å²) in [6.45, 7) is 13.4. The Balaban J connectivity index is 1.35. The molecule has 0 aliphatic carbocycles. The van der Waals surface area contributed by atoms with Gasteiger partial charge in [0.2, 0.25) is 0 Å². The van der Waals surface area contributed by atoms with Crippen molar-refractivity contribution in [3.63, 3.8) is 0 Å². The van der Waals surface area contributed by atoms with Crippen LogP contribution < -0.4 is 4.74 Å². The monoisotopic (exact) mass is 632 g/mol. The number of unbranched alkanes of at least 4 members (excludes halogenated alkanes) is 15. The van der Waals surface area contributed by atoms with Crippen molar-refractivity contribution < 1.29 is 19.1 Å². The Hall–Kier alpha value is -2.62. The summed E-state index contributed by atoms with van der Waals surface area (Å²) in [6.07, 6.45) is 22.9. The van der Waals surface area contributed by atoms with Crippen molar-refractivity contribution in [1.29, 1.82) is 0 Å². The van der Waals surface area contributed by atoms with E-state index in [1.54, 1.807) is 0 Å². The number of fused-ring (bicyclic) bond motifs is 1. The smallest absolute Gasteiger partial charge is 0.319 e. The first kappa shape index (κ1) is 37.8. The SMILES string of the molecule is CCCCCCCCCCCCCCCCCCOC(=O)CCc1cc2c(c(C(C)(C)C)c1)OC(=O)C2Cc1cccc(C)c1C. The minimum atomic E-state index is -0.335. The van der Waals surface area contributed by atoms with Crippen molar-refractivity contribution in [3.05, 3.63) is 63.7 Å². The molecule has 0 saturated carbocycles. The molecule has 46 heavy (non-hydrogen) atoms. The van der Waals surface area contributed by atoms with Crippen LogP contribution >= 0.6 is 0 Å². The highest BCUT2D eigenvalue weighted by Gasteiger charge is 2.38. The molecule has 1 aliphatic heterocycles. The van der Waals surface area contributed by atoms with Crippen LogP contribution in [0.1, 0.15) is 176 Å². The molecule has 0 aromatic heterocycles. The molecule has 256 valence electrons. The Morgan fingerprint density at radius 3 is 1.93 bits per heavy atom. The zero-order chi connectivity index (χ0) is 33.4. The van der Waals surface area contributed by atoms with Crippen LogP contribution in [-0.2, 0) is 32.6 Å². The highest BCUT2D eigenvalue weighted by Crippen LogP contribution is 2.45. The number of carbonyl (C=O) groups is 2. The van der Waals surface area contributed by atoms with E-state index in [9.17, 15) is 9.59 Å². The fourth-order valence-corrected chi connectivity index (χ4v) is 6.69. The van der Waals surface area contributed by atoms with Crippen LogP contribution in [0.15, 0.2) is 30.3 Å². The van der Waals surface area contributed by atoms with E-state index in [4.69, 9.17) is 9.47 Å². The molecule has 0 N–H and O–H groups in total. The van der Waals surface area contributed by atoms with Crippen molar-refractivity contribution in [1.82, 2.24) is 0 Å². The number of esters is 2. The summed E-state index contributed by atoms with van der Waals surface area (Å²) in [7, 11) is 0. The van der Waals surface area contributed by atoms with Crippen LogP contribution in [0, 0.1) is 13.8 Å². The number of carbonyl (C=O) groups excluding carboxylic acids is 2. The molecule has 1 unspecified atom stereocenters. The van der Waals surface area contributed by atoms with Gasteiger partial charge >= 0.3 is 11.9 Å². The molecule has 1 atom stereocenters. The summed E-state index contributed by atoms with van der Waals surface area (Å²) in [4.78, 5) is 25.7. The van der Waals surface area contributed by atoms with Gasteiger partial charge in [0.1, 0.15) is 5.75 Å². The van der Waals surface area contributed by atoms with Crippen LogP contribution in [0.3, 0.4) is 0 Å². The van der Waals surface area contributed by atoms with Crippen molar-refractivity contribution in [2.24, 2.45) is 0 Å². The minimum absolute atomic E-state index is 0.141. The fraction of sp³-hybridized carbons (Fsp3) is 0.667. The highest BCUT2D eigenvalue weighted by atomic mass is 16.5. The molecule has 1 aliphatic rings. The van der Waals surface area contributed by atoms with Crippen LogP contribution in [-0.4, -0.2) is 18.5 Å². The Labute approximate surface area is 281 Å². The number of rotatable bonds is 22. The van der Waals surface area contributed by atoms with Crippen molar-refractivity contribution in [2.45, 2.75) is 175 Å². The van der Waals surface area contributed by atoms with E-state index < -0.39 is 0 Å². The molecule has 0 bridgehead atoms. The molecule has 0 amide bonds. The van der Waals surface area contributed by atoms with E-state index in [-0.39, 0.29) is 23.3 Å². The van der Waals surface area contributed by atoms with Gasteiger partial charge in [0.15, 0.2) is 0 Å². The van der Waals surface area contributed by atoms with Gasteiger partial charge in [-0.05, 0) is 60.8 Å². The normalized spacial score (nSPS) is 14.4. The third-order valence-electron chi connectivity index (χ3n) is 9.87. The van der Waals surface area contributed by atoms with Crippen molar-refractivity contribution >= 4 is 11.9 Å². The Bertz CT molecular complexity index is 1220. The molecule has 1 heterocycles. The number of hydrogen-bond donors (Lipinski definition) is 0. The molecule has 2 aromatic carbocycles. The molecule has 0 spiro atoms. The van der Waals surface area contributed by atoms with Gasteiger partial charge in [-0.25, -0.2) is 0 Å². The molecule has 0 radical (unpaired) electrons. The van der Waals surface area contributed by atoms with E-state index in [2.05, 4.69) is 71.9 Å². The molecule has 4 nitrogen and oxygen atoms in total. The van der Waals surface area contributed by atoms with Gasteiger partial charge in [-0.1, -0.05) is 154 Å².